The van der Waals surface area contributed by atoms with Gasteiger partial charge in [0.25, 0.3) is 0 Å². The van der Waals surface area contributed by atoms with Crippen LogP contribution in [-0.2, 0) is 16.0 Å². The van der Waals surface area contributed by atoms with Crippen LogP contribution in [-0.4, -0.2) is 44.2 Å². The smallest absolute Gasteiger partial charge is 0.411 e. The number of amides is 1. The molecule has 1 amide bonds. The van der Waals surface area contributed by atoms with Crippen molar-refractivity contribution in [1.29, 1.82) is 0 Å². The number of ether oxygens (including phenoxy) is 1. The lowest BCUT2D eigenvalue weighted by Gasteiger charge is -2.33. The monoisotopic (exact) mass is 393 g/mol. The third-order valence-electron chi connectivity index (χ3n) is 2.82. The van der Waals surface area contributed by atoms with E-state index in [0.717, 1.165) is 5.69 Å². The number of rotatable bonds is 1. The number of fused-ring (bicyclic) bond motifs is 1. The van der Waals surface area contributed by atoms with Gasteiger partial charge in [-0.3, -0.25) is 4.90 Å². The van der Waals surface area contributed by atoms with E-state index in [1.807, 2.05) is 22.6 Å². The molecule has 0 aliphatic carbocycles. The number of H-pyrrole nitrogens is 1. The zero-order valence-corrected chi connectivity index (χ0v) is 13.6. The van der Waals surface area contributed by atoms with Crippen LogP contribution in [0.2, 0.25) is 0 Å². The number of halogens is 1. The van der Waals surface area contributed by atoms with E-state index in [1.165, 1.54) is 4.90 Å². The molecule has 1 unspecified atom stereocenters. The molecule has 2 N–H and O–H groups in total. The van der Waals surface area contributed by atoms with Crippen LogP contribution in [0.5, 0.6) is 0 Å². The van der Waals surface area contributed by atoms with Gasteiger partial charge in [0.1, 0.15) is 5.60 Å². The minimum absolute atomic E-state index is 0.289. The first-order valence-corrected chi connectivity index (χ1v) is 7.23. The maximum absolute atomic E-state index is 12.1. The Morgan fingerprint density at radius 1 is 1.50 bits per heavy atom. The second kappa shape index (κ2) is 5.23. The summed E-state index contributed by atoms with van der Waals surface area (Å²) in [5, 5.41) is 9.41. The van der Waals surface area contributed by atoms with E-state index in [2.05, 4.69) is 9.97 Å². The Bertz CT molecular complexity index is 549. The average molecular weight is 393 g/mol. The number of imidazole rings is 1. The van der Waals surface area contributed by atoms with E-state index in [0.29, 0.717) is 15.9 Å². The molecule has 1 aliphatic rings. The highest BCUT2D eigenvalue weighted by molar-refractivity contribution is 14.1. The first-order valence-electron chi connectivity index (χ1n) is 6.16. The van der Waals surface area contributed by atoms with Crippen LogP contribution >= 0.6 is 22.6 Å². The lowest BCUT2D eigenvalue weighted by Crippen LogP contribution is -2.45. The Balaban J connectivity index is 2.31. The second-order valence-electron chi connectivity index (χ2n) is 5.56. The maximum atomic E-state index is 12.1. The minimum Gasteiger partial charge on any atom is -0.479 e. The lowest BCUT2D eigenvalue weighted by molar-refractivity contribution is -0.144. The number of carbonyl (C=O) groups excluding carboxylic acids is 1. The summed E-state index contributed by atoms with van der Waals surface area (Å²) in [5.74, 6) is -1.11. The highest BCUT2D eigenvalue weighted by Gasteiger charge is 2.40. The molecule has 1 atom stereocenters. The summed E-state index contributed by atoms with van der Waals surface area (Å²) in [6, 6.07) is -1.10. The summed E-state index contributed by atoms with van der Waals surface area (Å²) in [4.78, 5) is 32.1. The van der Waals surface area contributed by atoms with Gasteiger partial charge in [0.05, 0.1) is 5.69 Å². The average Bonchev–Trinajstić information content (AvgIpc) is 2.64. The first-order chi connectivity index (χ1) is 9.19. The van der Waals surface area contributed by atoms with Crippen molar-refractivity contribution in [1.82, 2.24) is 14.9 Å². The van der Waals surface area contributed by atoms with Gasteiger partial charge in [-0.25, -0.2) is 14.6 Å². The zero-order valence-electron chi connectivity index (χ0n) is 11.4. The van der Waals surface area contributed by atoms with Crippen molar-refractivity contribution in [3.05, 3.63) is 15.2 Å². The van der Waals surface area contributed by atoms with Crippen molar-refractivity contribution in [2.75, 3.05) is 6.54 Å². The molecule has 1 aromatic heterocycles. The number of carboxylic acid groups (broad SMARTS) is 1. The molecule has 0 saturated heterocycles. The molecular weight excluding hydrogens is 377 g/mol. The number of aliphatic carboxylic acids is 1. The van der Waals surface area contributed by atoms with Gasteiger partial charge in [0.2, 0.25) is 0 Å². The zero-order chi connectivity index (χ0) is 15.1. The van der Waals surface area contributed by atoms with Gasteiger partial charge in [-0.1, -0.05) is 0 Å². The standard InChI is InChI=1S/C12H16IN3O4/c1-12(2,3)20-11(19)16-5-4-6-7(8(16)9(17)18)15-10(13)14-6/h8H,4-5H2,1-3H3,(H,14,15)(H,17,18). The third-order valence-corrected chi connectivity index (χ3v) is 3.33. The Hall–Kier alpha value is -1.32. The molecule has 2 rings (SSSR count). The van der Waals surface area contributed by atoms with Crippen molar-refractivity contribution < 1.29 is 19.4 Å². The fourth-order valence-electron chi connectivity index (χ4n) is 2.08. The summed E-state index contributed by atoms with van der Waals surface area (Å²) >= 11 is 1.99. The summed E-state index contributed by atoms with van der Waals surface area (Å²) in [5.41, 5.74) is 0.487. The predicted octanol–water partition coefficient (Wildman–Crippen LogP) is 1.93. The summed E-state index contributed by atoms with van der Waals surface area (Å²) in [6.07, 6.45) is -0.0949. The quantitative estimate of drug-likeness (QED) is 0.711. The fraction of sp³-hybridized carbons (Fsp3) is 0.583. The molecule has 0 spiro atoms. The van der Waals surface area contributed by atoms with Crippen LogP contribution in [0.15, 0.2) is 0 Å². The van der Waals surface area contributed by atoms with Gasteiger partial charge in [-0.05, 0) is 43.4 Å². The highest BCUT2D eigenvalue weighted by Crippen LogP contribution is 2.30. The summed E-state index contributed by atoms with van der Waals surface area (Å²) < 4.78 is 5.88. The van der Waals surface area contributed by atoms with E-state index in [9.17, 15) is 14.7 Å². The molecule has 1 aromatic rings. The topological polar surface area (TPSA) is 95.5 Å². The SMILES string of the molecule is CC(C)(C)OC(=O)N1CCc2[nH]c(I)nc2C1C(=O)O. The van der Waals surface area contributed by atoms with Crippen LogP contribution < -0.4 is 0 Å². The highest BCUT2D eigenvalue weighted by atomic mass is 127. The molecule has 1 aliphatic heterocycles. The molecule has 7 nitrogen and oxygen atoms in total. The molecule has 8 heteroatoms. The summed E-state index contributed by atoms with van der Waals surface area (Å²) in [7, 11) is 0. The van der Waals surface area contributed by atoms with Crippen molar-refractivity contribution in [2.24, 2.45) is 0 Å². The number of aromatic nitrogens is 2. The Morgan fingerprint density at radius 3 is 2.70 bits per heavy atom. The van der Waals surface area contributed by atoms with E-state index < -0.39 is 23.7 Å². The number of nitrogens with one attached hydrogen (secondary N) is 1. The maximum Gasteiger partial charge on any atom is 0.411 e. The lowest BCUT2D eigenvalue weighted by atomic mass is 10.0. The number of hydrogen-bond acceptors (Lipinski definition) is 4. The van der Waals surface area contributed by atoms with E-state index in [4.69, 9.17) is 4.74 Å². The molecule has 0 fully saturated rings. The van der Waals surface area contributed by atoms with Crippen LogP contribution in [0.1, 0.15) is 38.2 Å². The normalized spacial score (nSPS) is 18.6. The third kappa shape index (κ3) is 3.05. The number of carboxylic acids is 1. The van der Waals surface area contributed by atoms with Gasteiger partial charge in [-0.2, -0.15) is 0 Å². The Kier molecular flexibility index (Phi) is 3.94. The van der Waals surface area contributed by atoms with Crippen LogP contribution in [0.25, 0.3) is 0 Å². The number of nitrogens with zero attached hydrogens (tertiary/aromatic N) is 2. The van der Waals surface area contributed by atoms with Crippen LogP contribution in [0, 0.1) is 3.83 Å². The number of carbonyl (C=O) groups is 2. The fourth-order valence-corrected chi connectivity index (χ4v) is 2.67. The molecule has 0 saturated carbocycles. The van der Waals surface area contributed by atoms with Crippen LogP contribution in [0.4, 0.5) is 4.79 Å². The van der Waals surface area contributed by atoms with Gasteiger partial charge >= 0.3 is 12.1 Å². The van der Waals surface area contributed by atoms with E-state index in [1.54, 1.807) is 20.8 Å². The number of aromatic amines is 1. The van der Waals surface area contributed by atoms with E-state index in [-0.39, 0.29) is 6.54 Å². The Labute approximate surface area is 129 Å². The van der Waals surface area contributed by atoms with Crippen LogP contribution in [0.3, 0.4) is 0 Å². The molecule has 0 radical (unpaired) electrons. The molecule has 2 heterocycles. The van der Waals surface area contributed by atoms with Crippen molar-refractivity contribution in [3.63, 3.8) is 0 Å². The molecule has 0 aromatic carbocycles. The second-order valence-corrected chi connectivity index (χ2v) is 6.58. The van der Waals surface area contributed by atoms with E-state index >= 15 is 0 Å². The summed E-state index contributed by atoms with van der Waals surface area (Å²) in [6.45, 7) is 5.52. The van der Waals surface area contributed by atoms with Gasteiger partial charge in [0, 0.05) is 18.7 Å². The minimum atomic E-state index is -1.11. The van der Waals surface area contributed by atoms with Gasteiger partial charge in [-0.15, -0.1) is 0 Å². The van der Waals surface area contributed by atoms with Gasteiger partial charge < -0.3 is 14.8 Å². The van der Waals surface area contributed by atoms with Crippen molar-refractivity contribution in [2.45, 2.75) is 38.8 Å². The molecule has 0 bridgehead atoms. The molecule has 110 valence electrons. The molecular formula is C12H16IN3O4. The molecule has 20 heavy (non-hydrogen) atoms. The Morgan fingerprint density at radius 2 is 2.15 bits per heavy atom. The largest absolute Gasteiger partial charge is 0.479 e. The number of hydrogen-bond donors (Lipinski definition) is 2. The first kappa shape index (κ1) is 15.1. The van der Waals surface area contributed by atoms with Crippen molar-refractivity contribution >= 4 is 34.7 Å². The predicted molar refractivity (Wildman–Crippen MR) is 78.3 cm³/mol. The van der Waals surface area contributed by atoms with Crippen molar-refractivity contribution in [3.8, 4) is 0 Å². The van der Waals surface area contributed by atoms with Gasteiger partial charge in [0.15, 0.2) is 9.87 Å².